The molecule has 1 N–H and O–H groups in total. The molecule has 0 radical (unpaired) electrons. The first-order chi connectivity index (χ1) is 9.10. The van der Waals surface area contributed by atoms with Crippen LogP contribution >= 0.6 is 23.2 Å². The standard InChI is InChI=1S/C12H10Cl2FN3O/c1-19-6-7-5-10(14)18-12(16-7)17-9-4-2-3-8(13)11(9)15/h2-5H,6H2,1H3,(H,16,17,18). The van der Waals surface area contributed by atoms with Gasteiger partial charge in [0.2, 0.25) is 5.95 Å². The van der Waals surface area contributed by atoms with Crippen LogP contribution in [-0.2, 0) is 11.3 Å². The topological polar surface area (TPSA) is 47.0 Å². The van der Waals surface area contributed by atoms with E-state index in [1.165, 1.54) is 12.1 Å². The maximum Gasteiger partial charge on any atom is 0.229 e. The van der Waals surface area contributed by atoms with E-state index in [1.807, 2.05) is 0 Å². The zero-order chi connectivity index (χ0) is 13.8. The van der Waals surface area contributed by atoms with Gasteiger partial charge in [0.25, 0.3) is 0 Å². The molecule has 0 aliphatic rings. The summed E-state index contributed by atoms with van der Waals surface area (Å²) in [7, 11) is 1.54. The van der Waals surface area contributed by atoms with E-state index in [-0.39, 0.29) is 28.4 Å². The predicted molar refractivity (Wildman–Crippen MR) is 72.4 cm³/mol. The highest BCUT2D eigenvalue weighted by Gasteiger charge is 2.09. The molecule has 19 heavy (non-hydrogen) atoms. The second-order valence-electron chi connectivity index (χ2n) is 3.67. The first-order valence-corrected chi connectivity index (χ1v) is 6.09. The summed E-state index contributed by atoms with van der Waals surface area (Å²) >= 11 is 11.5. The summed E-state index contributed by atoms with van der Waals surface area (Å²) in [5.74, 6) is -0.387. The molecule has 1 aromatic carbocycles. The molecule has 0 spiro atoms. The lowest BCUT2D eigenvalue weighted by Gasteiger charge is -2.08. The number of ether oxygens (including phenoxy) is 1. The molecule has 0 unspecified atom stereocenters. The van der Waals surface area contributed by atoms with Crippen LogP contribution in [0.4, 0.5) is 16.0 Å². The van der Waals surface area contributed by atoms with Gasteiger partial charge in [0.05, 0.1) is 23.0 Å². The highest BCUT2D eigenvalue weighted by atomic mass is 35.5. The smallest absolute Gasteiger partial charge is 0.229 e. The van der Waals surface area contributed by atoms with Crippen molar-refractivity contribution < 1.29 is 9.13 Å². The molecule has 2 rings (SSSR count). The Labute approximate surface area is 119 Å². The average molecular weight is 302 g/mol. The minimum Gasteiger partial charge on any atom is -0.378 e. The number of nitrogens with one attached hydrogen (secondary N) is 1. The average Bonchev–Trinajstić information content (AvgIpc) is 2.35. The van der Waals surface area contributed by atoms with Crippen LogP contribution in [0.5, 0.6) is 0 Å². The quantitative estimate of drug-likeness (QED) is 0.872. The van der Waals surface area contributed by atoms with Gasteiger partial charge in [-0.2, -0.15) is 0 Å². The minimum absolute atomic E-state index is 0.0177. The first-order valence-electron chi connectivity index (χ1n) is 5.33. The van der Waals surface area contributed by atoms with Gasteiger partial charge in [0.15, 0.2) is 5.82 Å². The van der Waals surface area contributed by atoms with E-state index < -0.39 is 5.82 Å². The Morgan fingerprint density at radius 3 is 2.84 bits per heavy atom. The van der Waals surface area contributed by atoms with Gasteiger partial charge in [0, 0.05) is 7.11 Å². The van der Waals surface area contributed by atoms with Gasteiger partial charge in [0.1, 0.15) is 5.15 Å². The molecular weight excluding hydrogens is 292 g/mol. The van der Waals surface area contributed by atoms with Crippen molar-refractivity contribution in [2.24, 2.45) is 0 Å². The van der Waals surface area contributed by atoms with Crippen LogP contribution in [0.1, 0.15) is 5.69 Å². The van der Waals surface area contributed by atoms with Crippen LogP contribution in [-0.4, -0.2) is 17.1 Å². The number of hydrogen-bond donors (Lipinski definition) is 1. The van der Waals surface area contributed by atoms with E-state index in [4.69, 9.17) is 27.9 Å². The Kier molecular flexibility index (Phi) is 4.52. The molecular formula is C12H10Cl2FN3O. The lowest BCUT2D eigenvalue weighted by molar-refractivity contribution is 0.181. The van der Waals surface area contributed by atoms with Gasteiger partial charge in [-0.15, -0.1) is 0 Å². The maximum atomic E-state index is 13.7. The summed E-state index contributed by atoms with van der Waals surface area (Å²) in [5, 5.41) is 2.99. The number of halogens is 3. The summed E-state index contributed by atoms with van der Waals surface area (Å²) in [6.45, 7) is 0.287. The molecule has 1 aromatic heterocycles. The number of methoxy groups -OCH3 is 1. The lowest BCUT2D eigenvalue weighted by Crippen LogP contribution is -2.03. The van der Waals surface area contributed by atoms with Crippen LogP contribution in [0, 0.1) is 5.82 Å². The molecule has 2 aromatic rings. The Balaban J connectivity index is 2.30. The van der Waals surface area contributed by atoms with E-state index in [9.17, 15) is 4.39 Å². The Bertz CT molecular complexity index is 595. The van der Waals surface area contributed by atoms with Crippen molar-refractivity contribution in [1.82, 2.24) is 9.97 Å². The molecule has 7 heteroatoms. The van der Waals surface area contributed by atoms with Crippen molar-refractivity contribution in [3.8, 4) is 0 Å². The maximum absolute atomic E-state index is 13.7. The van der Waals surface area contributed by atoms with Crippen molar-refractivity contribution >= 4 is 34.8 Å². The molecule has 0 bridgehead atoms. The zero-order valence-corrected chi connectivity index (χ0v) is 11.5. The third-order valence-electron chi connectivity index (χ3n) is 2.24. The van der Waals surface area contributed by atoms with Crippen molar-refractivity contribution in [2.75, 3.05) is 12.4 Å². The second-order valence-corrected chi connectivity index (χ2v) is 4.46. The summed E-state index contributed by atoms with van der Waals surface area (Å²) in [5.41, 5.74) is 0.769. The van der Waals surface area contributed by atoms with Gasteiger partial charge in [-0.1, -0.05) is 29.3 Å². The van der Waals surface area contributed by atoms with Crippen molar-refractivity contribution in [3.63, 3.8) is 0 Å². The largest absolute Gasteiger partial charge is 0.378 e. The molecule has 0 aliphatic carbocycles. The van der Waals surface area contributed by atoms with E-state index in [1.54, 1.807) is 19.2 Å². The normalized spacial score (nSPS) is 10.5. The third-order valence-corrected chi connectivity index (χ3v) is 2.72. The molecule has 0 aliphatic heterocycles. The molecule has 0 fully saturated rings. The summed E-state index contributed by atoms with van der Waals surface area (Å²) < 4.78 is 18.7. The number of aromatic nitrogens is 2. The first kappa shape index (κ1) is 14.0. The fourth-order valence-electron chi connectivity index (χ4n) is 1.46. The van der Waals surface area contributed by atoms with Crippen LogP contribution in [0.2, 0.25) is 10.2 Å². The third kappa shape index (κ3) is 3.53. The minimum atomic E-state index is -0.568. The second kappa shape index (κ2) is 6.14. The Morgan fingerprint density at radius 1 is 1.32 bits per heavy atom. The summed E-state index contributed by atoms with van der Waals surface area (Å²) in [6, 6.07) is 6.18. The SMILES string of the molecule is COCc1cc(Cl)nc(Nc2cccc(Cl)c2F)n1. The molecule has 0 atom stereocenters. The van der Waals surface area contributed by atoms with E-state index in [2.05, 4.69) is 15.3 Å². The number of hydrogen-bond acceptors (Lipinski definition) is 4. The number of rotatable bonds is 4. The van der Waals surface area contributed by atoms with Gasteiger partial charge in [-0.3, -0.25) is 0 Å². The molecule has 4 nitrogen and oxygen atoms in total. The molecule has 0 saturated carbocycles. The van der Waals surface area contributed by atoms with Crippen LogP contribution in [0.3, 0.4) is 0 Å². The van der Waals surface area contributed by atoms with Crippen molar-refractivity contribution in [2.45, 2.75) is 6.61 Å². The van der Waals surface area contributed by atoms with E-state index in [0.29, 0.717) is 5.69 Å². The fraction of sp³-hybridized carbons (Fsp3) is 0.167. The number of nitrogens with zero attached hydrogens (tertiary/aromatic N) is 2. The monoisotopic (exact) mass is 301 g/mol. The van der Waals surface area contributed by atoms with Crippen molar-refractivity contribution in [1.29, 1.82) is 0 Å². The fourth-order valence-corrected chi connectivity index (χ4v) is 1.84. The highest BCUT2D eigenvalue weighted by molar-refractivity contribution is 6.31. The number of anilines is 2. The lowest BCUT2D eigenvalue weighted by atomic mass is 10.3. The van der Waals surface area contributed by atoms with Crippen LogP contribution in [0.15, 0.2) is 24.3 Å². The van der Waals surface area contributed by atoms with Crippen LogP contribution in [0.25, 0.3) is 0 Å². The molecule has 0 saturated heterocycles. The summed E-state index contributed by atoms with van der Waals surface area (Å²) in [4.78, 5) is 8.11. The van der Waals surface area contributed by atoms with Gasteiger partial charge >= 0.3 is 0 Å². The van der Waals surface area contributed by atoms with Gasteiger partial charge < -0.3 is 10.1 Å². The van der Waals surface area contributed by atoms with Gasteiger partial charge in [-0.25, -0.2) is 14.4 Å². The number of benzene rings is 1. The van der Waals surface area contributed by atoms with Crippen LogP contribution < -0.4 is 5.32 Å². The van der Waals surface area contributed by atoms with E-state index >= 15 is 0 Å². The van der Waals surface area contributed by atoms with Gasteiger partial charge in [-0.05, 0) is 18.2 Å². The van der Waals surface area contributed by atoms with Crippen molar-refractivity contribution in [3.05, 3.63) is 46.0 Å². The molecule has 0 amide bonds. The molecule has 100 valence electrons. The highest BCUT2D eigenvalue weighted by Crippen LogP contribution is 2.24. The summed E-state index contributed by atoms with van der Waals surface area (Å²) in [6.07, 6.45) is 0. The van der Waals surface area contributed by atoms with E-state index in [0.717, 1.165) is 0 Å². The Hall–Kier alpha value is -1.43. The predicted octanol–water partition coefficient (Wildman–Crippen LogP) is 3.81. The zero-order valence-electron chi connectivity index (χ0n) is 9.95. The Morgan fingerprint density at radius 2 is 2.11 bits per heavy atom. The molecule has 1 heterocycles.